The topological polar surface area (TPSA) is 105 Å². The van der Waals surface area contributed by atoms with E-state index in [4.69, 9.17) is 9.05 Å². The van der Waals surface area contributed by atoms with Gasteiger partial charge in [-0.2, -0.15) is 0 Å². The van der Waals surface area contributed by atoms with Crippen molar-refractivity contribution in [2.45, 2.75) is 398 Å². The third-order valence-electron chi connectivity index (χ3n) is 17.2. The van der Waals surface area contributed by atoms with E-state index in [0.717, 1.165) is 32.1 Å². The van der Waals surface area contributed by atoms with E-state index in [0.29, 0.717) is 17.4 Å². The molecule has 0 fully saturated rings. The highest BCUT2D eigenvalue weighted by molar-refractivity contribution is 7.47. The van der Waals surface area contributed by atoms with Crippen LogP contribution in [0, 0.1) is 0 Å². The van der Waals surface area contributed by atoms with Crippen LogP contribution in [0.4, 0.5) is 0 Å². The first-order chi connectivity index (χ1) is 40.0. The molecule has 0 heterocycles. The van der Waals surface area contributed by atoms with Crippen LogP contribution in [0.3, 0.4) is 0 Å². The average molecular weight is 1180 g/mol. The van der Waals surface area contributed by atoms with Crippen molar-refractivity contribution in [1.29, 1.82) is 0 Å². The molecule has 0 radical (unpaired) electrons. The molecule has 0 spiro atoms. The van der Waals surface area contributed by atoms with Gasteiger partial charge in [0, 0.05) is 6.42 Å². The zero-order chi connectivity index (χ0) is 59.8. The van der Waals surface area contributed by atoms with Gasteiger partial charge in [-0.3, -0.25) is 13.8 Å². The van der Waals surface area contributed by atoms with Crippen molar-refractivity contribution in [3.63, 3.8) is 0 Å². The van der Waals surface area contributed by atoms with Crippen LogP contribution < -0.4 is 5.32 Å². The molecule has 0 aromatic heterocycles. The molecule has 8 nitrogen and oxygen atoms in total. The highest BCUT2D eigenvalue weighted by Crippen LogP contribution is 2.43. The molecule has 488 valence electrons. The number of nitrogens with zero attached hydrogens (tertiary/aromatic N) is 1. The van der Waals surface area contributed by atoms with Crippen LogP contribution in [0.25, 0.3) is 0 Å². The van der Waals surface area contributed by atoms with Crippen LogP contribution in [-0.2, 0) is 18.4 Å². The molecule has 3 N–H and O–H groups in total. The van der Waals surface area contributed by atoms with Gasteiger partial charge in [-0.15, -0.1) is 0 Å². The van der Waals surface area contributed by atoms with Gasteiger partial charge in [0.15, 0.2) is 0 Å². The number of unbranched alkanes of at least 4 members (excludes halogenated alkanes) is 54. The Kier molecular flexibility index (Phi) is 63.7. The van der Waals surface area contributed by atoms with E-state index >= 15 is 0 Å². The number of carbonyl (C=O) groups excluding carboxylic acids is 1. The molecule has 0 aromatic rings. The predicted molar refractivity (Wildman–Crippen MR) is 360 cm³/mol. The number of carbonyl (C=O) groups is 1. The number of aliphatic hydroxyl groups is 1. The zero-order valence-corrected chi connectivity index (χ0v) is 56.9. The summed E-state index contributed by atoms with van der Waals surface area (Å²) >= 11 is 0. The Bertz CT molecular complexity index is 1390. The minimum absolute atomic E-state index is 0.0642. The molecule has 0 aliphatic heterocycles. The third-order valence-corrected chi connectivity index (χ3v) is 18.1. The summed E-state index contributed by atoms with van der Waals surface area (Å²) in [6, 6.07) is -0.845. The normalized spacial score (nSPS) is 13.7. The van der Waals surface area contributed by atoms with Crippen LogP contribution in [-0.4, -0.2) is 73.4 Å². The van der Waals surface area contributed by atoms with E-state index in [1.165, 1.54) is 334 Å². The zero-order valence-electron chi connectivity index (χ0n) is 56.0. The van der Waals surface area contributed by atoms with Crippen molar-refractivity contribution in [1.82, 2.24) is 5.32 Å². The summed E-state index contributed by atoms with van der Waals surface area (Å²) in [7, 11) is 1.59. The Morgan fingerprint density at radius 3 is 0.939 bits per heavy atom. The molecule has 3 atom stereocenters. The molecule has 0 rings (SSSR count). The van der Waals surface area contributed by atoms with Crippen molar-refractivity contribution in [3.8, 4) is 0 Å². The van der Waals surface area contributed by atoms with Gasteiger partial charge in [0.05, 0.1) is 39.9 Å². The van der Waals surface area contributed by atoms with Crippen LogP contribution in [0.15, 0.2) is 24.3 Å². The summed E-state index contributed by atoms with van der Waals surface area (Å²) in [6.07, 6.45) is 84.9. The monoisotopic (exact) mass is 1180 g/mol. The van der Waals surface area contributed by atoms with E-state index in [-0.39, 0.29) is 19.1 Å². The van der Waals surface area contributed by atoms with Crippen molar-refractivity contribution >= 4 is 13.7 Å². The molecule has 3 unspecified atom stereocenters. The maximum absolute atomic E-state index is 13.1. The van der Waals surface area contributed by atoms with Crippen LogP contribution in [0.2, 0.25) is 0 Å². The number of amides is 1. The third kappa shape index (κ3) is 66.5. The standard InChI is InChI=1S/C73H145N2O6P/c1-6-8-10-12-14-16-18-20-22-24-26-28-29-30-31-32-33-34-35-36-37-38-39-40-41-42-43-44-45-47-49-51-53-55-57-59-61-63-65-67-73(77)74-71(70-81-82(78,79)80-69-68-75(3,4)5)72(76)66-64-62-60-58-56-54-52-50-48-46-27-25-23-21-19-17-15-13-11-9-7-2/h36-37,64,66,71-72,76H,6-35,38-63,65,67-70H2,1-5H3,(H-,74,77,78,79)/p+1/b37-36-,66-64+. The summed E-state index contributed by atoms with van der Waals surface area (Å²) < 4.78 is 23.8. The first kappa shape index (κ1) is 81.0. The highest BCUT2D eigenvalue weighted by Gasteiger charge is 2.28. The number of phosphoric acid groups is 1. The summed E-state index contributed by atoms with van der Waals surface area (Å²) in [5, 5.41) is 14.0. The van der Waals surface area contributed by atoms with Crippen molar-refractivity contribution < 1.29 is 32.9 Å². The minimum Gasteiger partial charge on any atom is -0.387 e. The van der Waals surface area contributed by atoms with Gasteiger partial charge in [0.25, 0.3) is 0 Å². The molecule has 0 saturated carbocycles. The Balaban J connectivity index is 3.92. The molecule has 82 heavy (non-hydrogen) atoms. The fourth-order valence-electron chi connectivity index (χ4n) is 11.5. The largest absolute Gasteiger partial charge is 0.472 e. The molecule has 0 aliphatic rings. The molecule has 0 saturated heterocycles. The average Bonchev–Trinajstić information content (AvgIpc) is 3.46. The highest BCUT2D eigenvalue weighted by atomic mass is 31.2. The lowest BCUT2D eigenvalue weighted by atomic mass is 10.0. The minimum atomic E-state index is -4.35. The Labute approximate surface area is 513 Å². The number of hydrogen-bond donors (Lipinski definition) is 3. The Morgan fingerprint density at radius 2 is 0.659 bits per heavy atom. The van der Waals surface area contributed by atoms with Gasteiger partial charge < -0.3 is 19.8 Å². The maximum atomic E-state index is 13.1. The smallest absolute Gasteiger partial charge is 0.387 e. The number of phosphoric ester groups is 1. The lowest BCUT2D eigenvalue weighted by Gasteiger charge is -2.25. The van der Waals surface area contributed by atoms with E-state index < -0.39 is 20.0 Å². The van der Waals surface area contributed by atoms with Crippen molar-refractivity contribution in [2.24, 2.45) is 0 Å². The molecule has 0 aromatic carbocycles. The molecular weight excluding hydrogens is 1030 g/mol. The number of allylic oxidation sites excluding steroid dienone is 3. The van der Waals surface area contributed by atoms with Crippen LogP contribution in [0.5, 0.6) is 0 Å². The van der Waals surface area contributed by atoms with E-state index in [1.807, 2.05) is 27.2 Å². The quantitative estimate of drug-likeness (QED) is 0.0243. The van der Waals surface area contributed by atoms with Crippen LogP contribution in [0.1, 0.15) is 386 Å². The molecular formula is C73H146N2O6P+. The van der Waals surface area contributed by atoms with Gasteiger partial charge in [0.1, 0.15) is 13.2 Å². The Hall–Kier alpha value is -1.02. The predicted octanol–water partition coefficient (Wildman–Crippen LogP) is 23.4. The van der Waals surface area contributed by atoms with E-state index in [9.17, 15) is 19.4 Å². The van der Waals surface area contributed by atoms with Gasteiger partial charge in [-0.1, -0.05) is 359 Å². The number of nitrogens with one attached hydrogen (secondary N) is 1. The lowest BCUT2D eigenvalue weighted by molar-refractivity contribution is -0.870. The second-order valence-electron chi connectivity index (χ2n) is 26.7. The summed E-state index contributed by atoms with van der Waals surface area (Å²) in [6.45, 7) is 4.88. The number of aliphatic hydroxyl groups excluding tert-OH is 1. The lowest BCUT2D eigenvalue weighted by Crippen LogP contribution is -2.45. The van der Waals surface area contributed by atoms with Gasteiger partial charge >= 0.3 is 7.82 Å². The van der Waals surface area contributed by atoms with Crippen LogP contribution >= 0.6 is 7.82 Å². The summed E-state index contributed by atoms with van der Waals surface area (Å²) in [4.78, 5) is 23.4. The van der Waals surface area contributed by atoms with E-state index in [2.05, 4.69) is 31.3 Å². The fraction of sp³-hybridized carbons (Fsp3) is 0.932. The fourth-order valence-corrected chi connectivity index (χ4v) is 12.2. The molecule has 9 heteroatoms. The second kappa shape index (κ2) is 64.5. The number of rotatable bonds is 69. The van der Waals surface area contributed by atoms with Gasteiger partial charge in [-0.25, -0.2) is 4.57 Å². The van der Waals surface area contributed by atoms with Crippen molar-refractivity contribution in [3.05, 3.63) is 24.3 Å². The SMILES string of the molecule is CCCCCCCCCCCCCCCCCCCC/C=C\CCCCCCCCCCCCCCCCCCCC(=O)NC(COP(=O)(O)OCC[N+](C)(C)C)C(O)/C=C/CCCCCCCCCCCCCCCCCCCCC. The first-order valence-electron chi connectivity index (χ1n) is 36.7. The number of likely N-dealkylation sites (N-methyl/N-ethyl adjacent to an activating group) is 1. The molecule has 0 aliphatic carbocycles. The number of hydrogen-bond acceptors (Lipinski definition) is 5. The van der Waals surface area contributed by atoms with E-state index in [1.54, 1.807) is 6.08 Å². The maximum Gasteiger partial charge on any atom is 0.472 e. The van der Waals surface area contributed by atoms with Gasteiger partial charge in [0.2, 0.25) is 5.91 Å². The summed E-state index contributed by atoms with van der Waals surface area (Å²) in [5.41, 5.74) is 0. The summed E-state index contributed by atoms with van der Waals surface area (Å²) in [5.74, 6) is -0.169. The molecule has 0 bridgehead atoms. The first-order valence-corrected chi connectivity index (χ1v) is 38.2. The van der Waals surface area contributed by atoms with Gasteiger partial charge in [-0.05, 0) is 44.9 Å². The number of quaternary nitrogens is 1. The second-order valence-corrected chi connectivity index (χ2v) is 28.1. The molecule has 1 amide bonds. The van der Waals surface area contributed by atoms with Crippen molar-refractivity contribution in [2.75, 3.05) is 40.9 Å². The Morgan fingerprint density at radius 1 is 0.402 bits per heavy atom.